The van der Waals surface area contributed by atoms with Crippen molar-refractivity contribution in [2.45, 2.75) is 58.9 Å². The third kappa shape index (κ3) is 9.55. The number of hydrogen-bond donors (Lipinski definition) is 5. The number of fused-ring (bicyclic) bond motifs is 1. The number of hydrogen-bond acceptors (Lipinski definition) is 12. The van der Waals surface area contributed by atoms with Gasteiger partial charge in [0, 0.05) is 65.9 Å². The largest absolute Gasteiger partial charge is 0.494 e. The Balaban J connectivity index is 0.871. The lowest BCUT2D eigenvalue weighted by atomic mass is 9.96. The number of anilines is 2. The summed E-state index contributed by atoms with van der Waals surface area (Å²) in [6.07, 6.45) is 2.88. The second-order valence-electron chi connectivity index (χ2n) is 15.7. The number of benzene rings is 3. The predicted molar refractivity (Wildman–Crippen MR) is 228 cm³/mol. The molecular weight excluding hydrogens is 765 g/mol. The molecule has 6 aromatic rings. The van der Waals surface area contributed by atoms with Gasteiger partial charge in [0.05, 0.1) is 31.1 Å². The van der Waals surface area contributed by atoms with Crippen LogP contribution in [-0.2, 0) is 10.2 Å². The molecule has 1 fully saturated rings. The summed E-state index contributed by atoms with van der Waals surface area (Å²) in [5.41, 5.74) is 7.71. The highest BCUT2D eigenvalue weighted by Crippen LogP contribution is 2.34. The number of aromatic amines is 1. The Labute approximate surface area is 347 Å². The normalized spacial score (nSPS) is 13.6. The van der Waals surface area contributed by atoms with E-state index in [0.717, 1.165) is 70.6 Å². The SMILES string of the molecule is COc1cc(OCCCNCCNc2ccc(-c3cnc4n[nH]c(-c5ccc([C@@H](C)NC(=O)c6nc(C(C)(C)C)no6)c(C)c5)c4c3)cc2)ccc1N1CCC(=O)NC1=O. The van der Waals surface area contributed by atoms with Crippen LogP contribution in [-0.4, -0.2) is 83.1 Å². The summed E-state index contributed by atoms with van der Waals surface area (Å²) in [5, 5.41) is 24.7. The van der Waals surface area contributed by atoms with Crippen molar-refractivity contribution >= 4 is 40.3 Å². The van der Waals surface area contributed by atoms with Crippen molar-refractivity contribution in [3.63, 3.8) is 0 Å². The number of nitrogens with zero attached hydrogens (tertiary/aromatic N) is 5. The number of nitrogens with one attached hydrogen (secondary N) is 5. The van der Waals surface area contributed by atoms with Crippen LogP contribution in [0.2, 0.25) is 0 Å². The lowest BCUT2D eigenvalue weighted by molar-refractivity contribution is -0.120. The molecule has 1 aliphatic heterocycles. The van der Waals surface area contributed by atoms with Crippen molar-refractivity contribution in [2.75, 3.05) is 50.1 Å². The third-order valence-corrected chi connectivity index (χ3v) is 10.2. The van der Waals surface area contributed by atoms with Gasteiger partial charge in [-0.25, -0.2) is 9.78 Å². The lowest BCUT2D eigenvalue weighted by Gasteiger charge is -2.28. The third-order valence-electron chi connectivity index (χ3n) is 10.2. The summed E-state index contributed by atoms with van der Waals surface area (Å²) in [6.45, 7) is 12.9. The van der Waals surface area contributed by atoms with Gasteiger partial charge in [-0.1, -0.05) is 50.2 Å². The number of urea groups is 1. The summed E-state index contributed by atoms with van der Waals surface area (Å²) in [7, 11) is 1.54. The van der Waals surface area contributed by atoms with Crippen LogP contribution < -0.4 is 35.6 Å². The van der Waals surface area contributed by atoms with Crippen molar-refractivity contribution in [3.05, 3.63) is 95.8 Å². The van der Waals surface area contributed by atoms with Gasteiger partial charge in [-0.15, -0.1) is 0 Å². The van der Waals surface area contributed by atoms with Gasteiger partial charge in [0.25, 0.3) is 0 Å². The number of ether oxygens (including phenoxy) is 2. The first-order valence-corrected chi connectivity index (χ1v) is 19.9. The van der Waals surface area contributed by atoms with Crippen molar-refractivity contribution in [1.82, 2.24) is 41.3 Å². The zero-order valence-corrected chi connectivity index (χ0v) is 34.6. The molecule has 0 aliphatic carbocycles. The number of pyridine rings is 1. The van der Waals surface area contributed by atoms with Gasteiger partial charge in [-0.05, 0) is 79.9 Å². The van der Waals surface area contributed by atoms with Crippen LogP contribution in [0.3, 0.4) is 0 Å². The number of imide groups is 1. The highest BCUT2D eigenvalue weighted by molar-refractivity contribution is 6.06. The van der Waals surface area contributed by atoms with E-state index >= 15 is 0 Å². The van der Waals surface area contributed by atoms with Crippen LogP contribution in [0.1, 0.15) is 74.2 Å². The number of carbonyl (C=O) groups excluding carboxylic acids is 3. The molecule has 60 heavy (non-hydrogen) atoms. The van der Waals surface area contributed by atoms with E-state index in [1.165, 1.54) is 12.0 Å². The molecule has 0 saturated carbocycles. The molecule has 16 nitrogen and oxygen atoms in total. The van der Waals surface area contributed by atoms with Gasteiger partial charge >= 0.3 is 17.8 Å². The first-order valence-electron chi connectivity index (χ1n) is 19.9. The van der Waals surface area contributed by atoms with Crippen molar-refractivity contribution in [1.29, 1.82) is 0 Å². The molecule has 3 aromatic carbocycles. The fourth-order valence-electron chi connectivity index (χ4n) is 6.90. The molecule has 3 aromatic heterocycles. The minimum atomic E-state index is -0.461. The van der Waals surface area contributed by atoms with E-state index in [0.29, 0.717) is 41.8 Å². The minimum absolute atomic E-state index is 0.0558. The summed E-state index contributed by atoms with van der Waals surface area (Å²) in [4.78, 5) is 47.1. The zero-order chi connectivity index (χ0) is 42.4. The van der Waals surface area contributed by atoms with E-state index in [-0.39, 0.29) is 29.7 Å². The molecular formula is C44H50N10O6. The quantitative estimate of drug-likeness (QED) is 0.0649. The molecule has 7 rings (SSSR count). The van der Waals surface area contributed by atoms with Gasteiger partial charge in [-0.3, -0.25) is 24.9 Å². The molecule has 312 valence electrons. The Bertz CT molecular complexity index is 2490. The molecule has 4 amide bonds. The molecule has 0 spiro atoms. The standard InChI is InChI=1S/C44H50N10O6/c1-26-22-29(10-14-33(26)27(2)48-40(56)41-50-42(53-60-41)44(3,4)5)38-34-23-30(25-47-39(34)52-51-38)28-8-11-31(12-9-28)46-19-18-45-17-7-21-59-32-13-15-35(36(24-32)58-6)54-20-16-37(55)49-43(54)57/h8-15,22-25,27,45-46H,7,16-21H2,1-6H3,(H,48,56)(H,47,51,52)(H,49,55,57)/t27-/m1/s1. The first kappa shape index (κ1) is 41.4. The second-order valence-corrected chi connectivity index (χ2v) is 15.7. The highest BCUT2D eigenvalue weighted by atomic mass is 16.5. The zero-order valence-electron chi connectivity index (χ0n) is 34.6. The van der Waals surface area contributed by atoms with Gasteiger partial charge in [0.2, 0.25) is 5.91 Å². The van der Waals surface area contributed by atoms with E-state index in [1.54, 1.807) is 18.2 Å². The van der Waals surface area contributed by atoms with Crippen LogP contribution >= 0.6 is 0 Å². The van der Waals surface area contributed by atoms with Gasteiger partial charge < -0.3 is 29.9 Å². The number of methoxy groups -OCH3 is 1. The van der Waals surface area contributed by atoms with Crippen LogP contribution in [0.25, 0.3) is 33.4 Å². The van der Waals surface area contributed by atoms with E-state index in [4.69, 9.17) is 14.0 Å². The molecule has 5 N–H and O–H groups in total. The molecule has 1 atom stereocenters. The monoisotopic (exact) mass is 814 g/mol. The topological polar surface area (TPSA) is 202 Å². The number of aryl methyl sites for hydroxylation is 1. The molecule has 0 radical (unpaired) electrons. The molecule has 4 heterocycles. The van der Waals surface area contributed by atoms with E-state index < -0.39 is 11.9 Å². The van der Waals surface area contributed by atoms with Gasteiger partial charge in [0.1, 0.15) is 11.5 Å². The Morgan fingerprint density at radius 1 is 0.983 bits per heavy atom. The smallest absolute Gasteiger partial charge is 0.328 e. The average molecular weight is 815 g/mol. The van der Waals surface area contributed by atoms with Crippen molar-refractivity contribution in [3.8, 4) is 33.9 Å². The number of H-pyrrole nitrogens is 1. The number of rotatable bonds is 16. The summed E-state index contributed by atoms with van der Waals surface area (Å²) in [6, 6.07) is 21.0. The average Bonchev–Trinajstić information content (AvgIpc) is 3.91. The second kappa shape index (κ2) is 18.0. The maximum atomic E-state index is 12.9. The fraction of sp³-hybridized carbons (Fsp3) is 0.341. The van der Waals surface area contributed by atoms with Gasteiger partial charge in [-0.2, -0.15) is 10.1 Å². The van der Waals surface area contributed by atoms with Crippen LogP contribution in [0.5, 0.6) is 11.5 Å². The van der Waals surface area contributed by atoms with E-state index in [9.17, 15) is 14.4 Å². The predicted octanol–water partition coefficient (Wildman–Crippen LogP) is 6.70. The number of amides is 4. The Kier molecular flexibility index (Phi) is 12.4. The van der Waals surface area contributed by atoms with E-state index in [2.05, 4.69) is 83.0 Å². The first-order chi connectivity index (χ1) is 28.9. The molecule has 0 bridgehead atoms. The highest BCUT2D eigenvalue weighted by Gasteiger charge is 2.27. The maximum Gasteiger partial charge on any atom is 0.328 e. The Morgan fingerprint density at radius 3 is 2.52 bits per heavy atom. The lowest BCUT2D eigenvalue weighted by Crippen LogP contribution is -2.49. The van der Waals surface area contributed by atoms with Crippen LogP contribution in [0.4, 0.5) is 16.2 Å². The number of aromatic nitrogens is 5. The van der Waals surface area contributed by atoms with Gasteiger partial charge in [0.15, 0.2) is 11.5 Å². The molecule has 1 saturated heterocycles. The molecule has 16 heteroatoms. The molecule has 0 unspecified atom stereocenters. The van der Waals surface area contributed by atoms with Crippen LogP contribution in [0, 0.1) is 6.92 Å². The minimum Gasteiger partial charge on any atom is -0.494 e. The van der Waals surface area contributed by atoms with Crippen LogP contribution in [0.15, 0.2) is 77.4 Å². The summed E-state index contributed by atoms with van der Waals surface area (Å²) in [5.74, 6) is 0.868. The molecule has 1 aliphatic rings. The Hall–Kier alpha value is -6.81. The fourth-order valence-corrected chi connectivity index (χ4v) is 6.90. The summed E-state index contributed by atoms with van der Waals surface area (Å²) >= 11 is 0. The van der Waals surface area contributed by atoms with Crippen molar-refractivity contribution in [2.24, 2.45) is 0 Å². The van der Waals surface area contributed by atoms with Crippen molar-refractivity contribution < 1.29 is 28.4 Å². The maximum absolute atomic E-state index is 12.9. The Morgan fingerprint density at radius 2 is 1.78 bits per heavy atom. The number of carbonyl (C=O) groups is 3. The van der Waals surface area contributed by atoms with E-state index in [1.807, 2.05) is 52.9 Å². The summed E-state index contributed by atoms with van der Waals surface area (Å²) < 4.78 is 16.6.